The van der Waals surface area contributed by atoms with Gasteiger partial charge in [-0.05, 0) is 12.1 Å². The molecule has 1 unspecified atom stereocenters. The number of carbonyl (C=O) groups excluding carboxylic acids is 3. The van der Waals surface area contributed by atoms with E-state index in [2.05, 4.69) is 10.6 Å². The number of amides is 2. The van der Waals surface area contributed by atoms with Gasteiger partial charge in [-0.2, -0.15) is 0 Å². The molecule has 10 heteroatoms. The monoisotopic (exact) mass is 356 g/mol. The average molecular weight is 356 g/mol. The largest absolute Gasteiger partial charge is 1.00 e. The van der Waals surface area contributed by atoms with E-state index in [4.69, 9.17) is 0 Å². The molecule has 0 aliphatic heterocycles. The van der Waals surface area contributed by atoms with Crippen LogP contribution < -0.4 is 80.0 Å². The van der Waals surface area contributed by atoms with Crippen molar-refractivity contribution in [3.8, 4) is 5.75 Å². The van der Waals surface area contributed by atoms with E-state index < -0.39 is 17.9 Å². The van der Waals surface area contributed by atoms with Crippen molar-refractivity contribution in [1.82, 2.24) is 5.32 Å². The Morgan fingerprint density at radius 3 is 2.26 bits per heavy atom. The zero-order chi connectivity index (χ0) is 16.0. The van der Waals surface area contributed by atoms with Gasteiger partial charge < -0.3 is 25.6 Å². The van der Waals surface area contributed by atoms with Crippen LogP contribution in [0.15, 0.2) is 23.1 Å². The molecule has 7 nitrogen and oxygen atoms in total. The molecule has 0 aromatic heterocycles. The minimum atomic E-state index is -1.43. The SMILES string of the molecule is CC(=O)Nc1ccc([O-])c(SCC(NC(C)=O)C(=O)[O-])c1.[Na+].[Na+]. The Bertz CT molecular complexity index is 571. The molecule has 1 aromatic rings. The van der Waals surface area contributed by atoms with E-state index in [0.717, 1.165) is 11.8 Å². The van der Waals surface area contributed by atoms with Gasteiger partial charge in [-0.15, -0.1) is 11.8 Å². The molecule has 2 N–H and O–H groups in total. The predicted molar refractivity (Wildman–Crippen MR) is 73.5 cm³/mol. The normalized spacial score (nSPS) is 10.5. The van der Waals surface area contributed by atoms with Crippen LogP contribution in [-0.2, 0) is 14.4 Å². The van der Waals surface area contributed by atoms with E-state index >= 15 is 0 Å². The maximum absolute atomic E-state index is 11.7. The molecule has 23 heavy (non-hydrogen) atoms. The summed E-state index contributed by atoms with van der Waals surface area (Å²) in [6, 6.07) is 2.99. The van der Waals surface area contributed by atoms with E-state index in [-0.39, 0.29) is 81.4 Å². The Morgan fingerprint density at radius 2 is 1.78 bits per heavy atom. The maximum Gasteiger partial charge on any atom is 1.00 e. The van der Waals surface area contributed by atoms with Crippen LogP contribution in [0.1, 0.15) is 13.8 Å². The summed E-state index contributed by atoms with van der Waals surface area (Å²) < 4.78 is 0. The van der Waals surface area contributed by atoms with Gasteiger partial charge in [0.2, 0.25) is 11.8 Å². The smallest absolute Gasteiger partial charge is 0.872 e. The Labute approximate surface area is 182 Å². The van der Waals surface area contributed by atoms with Crippen LogP contribution in [0.5, 0.6) is 5.75 Å². The molecule has 0 aliphatic rings. The third kappa shape index (κ3) is 9.61. The number of carboxylic acids is 1. The number of rotatable bonds is 6. The number of aliphatic carboxylic acids is 1. The fraction of sp³-hybridized carbons (Fsp3) is 0.308. The van der Waals surface area contributed by atoms with Gasteiger partial charge in [-0.3, -0.25) is 9.59 Å². The van der Waals surface area contributed by atoms with E-state index in [1.165, 1.54) is 32.0 Å². The molecular weight excluding hydrogens is 342 g/mol. The number of carbonyl (C=O) groups is 3. The molecule has 0 spiro atoms. The Balaban J connectivity index is 0. The second-order valence-corrected chi connectivity index (χ2v) is 5.29. The minimum Gasteiger partial charge on any atom is -0.872 e. The number of carboxylic acid groups (broad SMARTS) is 1. The molecule has 0 fully saturated rings. The second-order valence-electron chi connectivity index (χ2n) is 4.23. The van der Waals surface area contributed by atoms with Gasteiger partial charge in [0.1, 0.15) is 0 Å². The van der Waals surface area contributed by atoms with Gasteiger partial charge in [0, 0.05) is 30.2 Å². The third-order valence-electron chi connectivity index (χ3n) is 2.33. The quantitative estimate of drug-likeness (QED) is 0.386. The molecule has 1 aromatic carbocycles. The van der Waals surface area contributed by atoms with Crippen molar-refractivity contribution in [2.75, 3.05) is 11.1 Å². The summed E-state index contributed by atoms with van der Waals surface area (Å²) in [7, 11) is 0. The first kappa shape index (κ1) is 25.0. The van der Waals surface area contributed by atoms with Gasteiger partial charge in [-0.25, -0.2) is 0 Å². The number of nitrogens with one attached hydrogen (secondary N) is 2. The standard InChI is InChI=1S/C13H16N2O5S.2Na/c1-7(16)14-9-3-4-11(18)12(5-9)21-6-10(13(19)20)15-8(2)17;;/h3-5,10,18H,6H2,1-2H3,(H,14,16)(H,15,17)(H,19,20);;/q;2*+1/p-2. The minimum absolute atomic E-state index is 0. The molecule has 1 rings (SSSR count). The van der Waals surface area contributed by atoms with Crippen LogP contribution in [0.3, 0.4) is 0 Å². The number of hydrogen-bond donors (Lipinski definition) is 2. The first-order valence-corrected chi connectivity index (χ1v) is 6.97. The summed E-state index contributed by atoms with van der Waals surface area (Å²) >= 11 is 0.967. The molecule has 0 saturated heterocycles. The predicted octanol–water partition coefficient (Wildman–Crippen LogP) is -6.93. The molecule has 1 atom stereocenters. The summed E-state index contributed by atoms with van der Waals surface area (Å²) in [6.07, 6.45) is 0. The first-order valence-electron chi connectivity index (χ1n) is 5.99. The molecule has 2 amide bonds. The molecule has 0 saturated carbocycles. The Kier molecular flexibility index (Phi) is 13.3. The number of benzene rings is 1. The van der Waals surface area contributed by atoms with E-state index in [0.29, 0.717) is 5.69 Å². The van der Waals surface area contributed by atoms with Gasteiger partial charge in [-0.1, -0.05) is 11.8 Å². The van der Waals surface area contributed by atoms with E-state index in [9.17, 15) is 24.6 Å². The van der Waals surface area contributed by atoms with Crippen molar-refractivity contribution in [2.24, 2.45) is 0 Å². The summed E-state index contributed by atoms with van der Waals surface area (Å²) in [5, 5.41) is 27.3. The number of anilines is 1. The second kappa shape index (κ2) is 12.2. The van der Waals surface area contributed by atoms with E-state index in [1.54, 1.807) is 0 Å². The van der Waals surface area contributed by atoms with Gasteiger partial charge in [0.25, 0.3) is 0 Å². The van der Waals surface area contributed by atoms with Crippen molar-refractivity contribution >= 4 is 35.2 Å². The summed E-state index contributed by atoms with van der Waals surface area (Å²) in [5.74, 6) is -2.56. The van der Waals surface area contributed by atoms with Crippen LogP contribution >= 0.6 is 11.8 Å². The summed E-state index contributed by atoms with van der Waals surface area (Å²) in [5.41, 5.74) is 0.439. The number of hydrogen-bond acceptors (Lipinski definition) is 6. The maximum atomic E-state index is 11.7. The van der Waals surface area contributed by atoms with Crippen molar-refractivity contribution in [1.29, 1.82) is 0 Å². The van der Waals surface area contributed by atoms with Crippen molar-refractivity contribution in [2.45, 2.75) is 24.8 Å². The van der Waals surface area contributed by atoms with Crippen LogP contribution in [0.25, 0.3) is 0 Å². The topological polar surface area (TPSA) is 121 Å². The van der Waals surface area contributed by atoms with E-state index in [1.807, 2.05) is 0 Å². The summed E-state index contributed by atoms with van der Waals surface area (Å²) in [6.45, 7) is 2.53. The Hall–Kier alpha value is -0.220. The Morgan fingerprint density at radius 1 is 1.17 bits per heavy atom. The van der Waals surface area contributed by atoms with Crippen LogP contribution in [-0.4, -0.2) is 29.6 Å². The molecule has 0 aliphatic carbocycles. The molecule has 114 valence electrons. The van der Waals surface area contributed by atoms with Crippen LogP contribution in [0, 0.1) is 0 Å². The fourth-order valence-electron chi connectivity index (χ4n) is 1.49. The molecule has 0 radical (unpaired) electrons. The molecular formula is C13H14N2Na2O5S. The van der Waals surface area contributed by atoms with Crippen LogP contribution in [0.2, 0.25) is 0 Å². The number of thioether (sulfide) groups is 1. The van der Waals surface area contributed by atoms with Gasteiger partial charge in [0.15, 0.2) is 0 Å². The fourth-order valence-corrected chi connectivity index (χ4v) is 2.48. The first-order chi connectivity index (χ1) is 9.79. The zero-order valence-electron chi connectivity index (χ0n) is 13.5. The van der Waals surface area contributed by atoms with Crippen molar-refractivity contribution in [3.63, 3.8) is 0 Å². The third-order valence-corrected chi connectivity index (χ3v) is 3.46. The average Bonchev–Trinajstić information content (AvgIpc) is 2.36. The zero-order valence-corrected chi connectivity index (χ0v) is 18.3. The van der Waals surface area contributed by atoms with Gasteiger partial charge in [0.05, 0.1) is 12.0 Å². The van der Waals surface area contributed by atoms with Gasteiger partial charge >= 0.3 is 59.1 Å². The van der Waals surface area contributed by atoms with Crippen LogP contribution in [0.4, 0.5) is 5.69 Å². The molecule has 0 bridgehead atoms. The van der Waals surface area contributed by atoms with Crippen molar-refractivity contribution in [3.05, 3.63) is 18.2 Å². The molecule has 0 heterocycles. The van der Waals surface area contributed by atoms with Crippen molar-refractivity contribution < 1.29 is 83.7 Å². The summed E-state index contributed by atoms with van der Waals surface area (Å²) in [4.78, 5) is 33.0.